The number of phenols is 1. The molecule has 150 valence electrons. The Kier molecular flexibility index (Phi) is 6.02. The largest absolute Gasteiger partial charge is 0.508 e. The summed E-state index contributed by atoms with van der Waals surface area (Å²) in [6, 6.07) is 11.3. The van der Waals surface area contributed by atoms with Gasteiger partial charge in [-0.15, -0.1) is 0 Å². The molecule has 0 heterocycles. The van der Waals surface area contributed by atoms with Crippen molar-refractivity contribution in [1.29, 1.82) is 0 Å². The van der Waals surface area contributed by atoms with Crippen molar-refractivity contribution in [3.05, 3.63) is 59.2 Å². The molecule has 0 spiro atoms. The standard InChI is InChI=1S/C20H24N2O5S/c1-28(26,27)22-16-6-4-13(5-7-16)19(24)12-21-11-15-3-2-14-10-17(23)8-9-18(14)20(15)25/h4-10,15,19,21-24H,2-3,11-12H2,1H3. The molecule has 28 heavy (non-hydrogen) atoms. The molecular weight excluding hydrogens is 380 g/mol. The molecule has 8 heteroatoms. The van der Waals surface area contributed by atoms with E-state index in [2.05, 4.69) is 10.0 Å². The van der Waals surface area contributed by atoms with Crippen LogP contribution >= 0.6 is 0 Å². The molecule has 0 saturated carbocycles. The van der Waals surface area contributed by atoms with Gasteiger partial charge in [0.2, 0.25) is 10.0 Å². The van der Waals surface area contributed by atoms with E-state index in [1.165, 1.54) is 6.07 Å². The fourth-order valence-corrected chi connectivity index (χ4v) is 3.97. The molecule has 0 aromatic heterocycles. The minimum Gasteiger partial charge on any atom is -0.508 e. The van der Waals surface area contributed by atoms with Crippen molar-refractivity contribution >= 4 is 21.5 Å². The number of carbonyl (C=O) groups is 1. The third kappa shape index (κ3) is 5.09. The van der Waals surface area contributed by atoms with Crippen molar-refractivity contribution in [2.75, 3.05) is 24.1 Å². The number of phenolic OH excluding ortho intramolecular Hbond substituents is 1. The van der Waals surface area contributed by atoms with Crippen molar-refractivity contribution in [3.63, 3.8) is 0 Å². The lowest BCUT2D eigenvalue weighted by Gasteiger charge is -2.24. The number of aryl methyl sites for hydroxylation is 1. The second-order valence-corrected chi connectivity index (χ2v) is 8.86. The zero-order chi connectivity index (χ0) is 20.3. The number of fused-ring (bicyclic) bond motifs is 1. The average Bonchev–Trinajstić information content (AvgIpc) is 2.62. The molecule has 0 saturated heterocycles. The summed E-state index contributed by atoms with van der Waals surface area (Å²) in [4.78, 5) is 12.6. The van der Waals surface area contributed by atoms with Gasteiger partial charge < -0.3 is 15.5 Å². The number of rotatable bonds is 7. The summed E-state index contributed by atoms with van der Waals surface area (Å²) in [5.41, 5.74) is 2.63. The molecular formula is C20H24N2O5S. The third-order valence-electron chi connectivity index (χ3n) is 4.81. The van der Waals surface area contributed by atoms with Gasteiger partial charge in [0, 0.05) is 30.3 Å². The van der Waals surface area contributed by atoms with Gasteiger partial charge >= 0.3 is 0 Å². The van der Waals surface area contributed by atoms with Crippen LogP contribution in [0.3, 0.4) is 0 Å². The Morgan fingerprint density at radius 3 is 2.57 bits per heavy atom. The van der Waals surface area contributed by atoms with Gasteiger partial charge in [-0.25, -0.2) is 8.42 Å². The summed E-state index contributed by atoms with van der Waals surface area (Å²) in [6.45, 7) is 0.745. The van der Waals surface area contributed by atoms with E-state index in [1.807, 2.05) is 0 Å². The molecule has 1 aliphatic carbocycles. The van der Waals surface area contributed by atoms with Crippen molar-refractivity contribution in [2.45, 2.75) is 18.9 Å². The number of hydrogen-bond donors (Lipinski definition) is 4. The number of hydrogen-bond acceptors (Lipinski definition) is 6. The maximum atomic E-state index is 12.6. The highest BCUT2D eigenvalue weighted by atomic mass is 32.2. The smallest absolute Gasteiger partial charge is 0.229 e. The maximum Gasteiger partial charge on any atom is 0.229 e. The summed E-state index contributed by atoms with van der Waals surface area (Å²) in [7, 11) is -3.34. The number of ketones is 1. The number of aliphatic hydroxyl groups is 1. The maximum absolute atomic E-state index is 12.6. The Bertz CT molecular complexity index is 957. The van der Waals surface area contributed by atoms with Crippen LogP contribution < -0.4 is 10.0 Å². The van der Waals surface area contributed by atoms with E-state index in [0.717, 1.165) is 18.2 Å². The highest BCUT2D eigenvalue weighted by molar-refractivity contribution is 7.92. The Labute approximate surface area is 164 Å². The van der Waals surface area contributed by atoms with Crippen molar-refractivity contribution < 1.29 is 23.4 Å². The van der Waals surface area contributed by atoms with E-state index < -0.39 is 16.1 Å². The van der Waals surface area contributed by atoms with Gasteiger partial charge in [-0.2, -0.15) is 0 Å². The number of aliphatic hydroxyl groups excluding tert-OH is 1. The molecule has 1 aliphatic rings. The van der Waals surface area contributed by atoms with E-state index in [-0.39, 0.29) is 24.0 Å². The molecule has 3 rings (SSSR count). The van der Waals surface area contributed by atoms with Gasteiger partial charge in [0.15, 0.2) is 5.78 Å². The minimum absolute atomic E-state index is 0.0550. The second kappa shape index (κ2) is 8.30. The van der Waals surface area contributed by atoms with Gasteiger partial charge in [0.05, 0.1) is 12.4 Å². The highest BCUT2D eigenvalue weighted by Gasteiger charge is 2.27. The second-order valence-electron chi connectivity index (χ2n) is 7.11. The number of Topliss-reactive ketones (excluding diaryl/α,β-unsaturated/α-hetero) is 1. The predicted molar refractivity (Wildman–Crippen MR) is 107 cm³/mol. The topological polar surface area (TPSA) is 116 Å². The first-order valence-electron chi connectivity index (χ1n) is 9.05. The molecule has 0 amide bonds. The summed E-state index contributed by atoms with van der Waals surface area (Å²) in [5.74, 6) is 0.0639. The number of nitrogens with one attached hydrogen (secondary N) is 2. The molecule has 0 radical (unpaired) electrons. The fraction of sp³-hybridized carbons (Fsp3) is 0.350. The van der Waals surface area contributed by atoms with Gasteiger partial charge in [0.25, 0.3) is 0 Å². The van der Waals surface area contributed by atoms with Gasteiger partial charge in [-0.3, -0.25) is 9.52 Å². The Morgan fingerprint density at radius 2 is 1.89 bits per heavy atom. The lowest BCUT2D eigenvalue weighted by molar-refractivity contribution is 0.0895. The number of carbonyl (C=O) groups excluding carboxylic acids is 1. The molecule has 0 fully saturated rings. The summed E-state index contributed by atoms with van der Waals surface area (Å²) >= 11 is 0. The van der Waals surface area contributed by atoms with Crippen molar-refractivity contribution in [1.82, 2.24) is 5.32 Å². The van der Waals surface area contributed by atoms with E-state index in [9.17, 15) is 23.4 Å². The number of sulfonamides is 1. The van der Waals surface area contributed by atoms with Crippen LogP contribution in [0.1, 0.15) is 34.0 Å². The van der Waals surface area contributed by atoms with Crippen molar-refractivity contribution in [2.24, 2.45) is 5.92 Å². The van der Waals surface area contributed by atoms with Gasteiger partial charge in [0.1, 0.15) is 5.75 Å². The predicted octanol–water partition coefficient (Wildman–Crippen LogP) is 1.83. The van der Waals surface area contributed by atoms with Crippen molar-refractivity contribution in [3.8, 4) is 5.75 Å². The molecule has 2 aromatic rings. The molecule has 0 aliphatic heterocycles. The van der Waals surface area contributed by atoms with Crippen LogP contribution in [-0.4, -0.2) is 43.8 Å². The van der Waals surface area contributed by atoms with Crippen LogP contribution in [0.15, 0.2) is 42.5 Å². The van der Waals surface area contributed by atoms with Crippen LogP contribution in [0.4, 0.5) is 5.69 Å². The van der Waals surface area contributed by atoms with E-state index in [1.54, 1.807) is 36.4 Å². The van der Waals surface area contributed by atoms with E-state index in [4.69, 9.17) is 0 Å². The first kappa shape index (κ1) is 20.3. The molecule has 2 atom stereocenters. The Balaban J connectivity index is 1.52. The van der Waals surface area contributed by atoms with E-state index in [0.29, 0.717) is 29.8 Å². The number of benzene rings is 2. The number of aromatic hydroxyl groups is 1. The summed E-state index contributed by atoms with van der Waals surface area (Å²) in [6.07, 6.45) is 1.74. The number of anilines is 1. The van der Waals surface area contributed by atoms with Crippen LogP contribution in [0.25, 0.3) is 0 Å². The molecule has 7 nitrogen and oxygen atoms in total. The van der Waals surface area contributed by atoms with E-state index >= 15 is 0 Å². The lowest BCUT2D eigenvalue weighted by Crippen LogP contribution is -2.34. The summed E-state index contributed by atoms with van der Waals surface area (Å²) in [5, 5.41) is 23.0. The van der Waals surface area contributed by atoms with Crippen LogP contribution in [0, 0.1) is 5.92 Å². The van der Waals surface area contributed by atoms with Crippen LogP contribution in [0.2, 0.25) is 0 Å². The van der Waals surface area contributed by atoms with Crippen LogP contribution in [-0.2, 0) is 16.4 Å². The summed E-state index contributed by atoms with van der Waals surface area (Å²) < 4.78 is 24.8. The quantitative estimate of drug-likeness (QED) is 0.560. The molecule has 2 unspecified atom stereocenters. The Morgan fingerprint density at radius 1 is 1.18 bits per heavy atom. The highest BCUT2D eigenvalue weighted by Crippen LogP contribution is 2.28. The molecule has 0 bridgehead atoms. The zero-order valence-corrected chi connectivity index (χ0v) is 16.4. The Hall–Kier alpha value is -2.42. The SMILES string of the molecule is CS(=O)(=O)Nc1ccc(C(O)CNCC2CCc3cc(O)ccc3C2=O)cc1. The fourth-order valence-electron chi connectivity index (χ4n) is 3.40. The zero-order valence-electron chi connectivity index (χ0n) is 15.6. The third-order valence-corrected chi connectivity index (χ3v) is 5.42. The normalized spacial score (nSPS) is 17.8. The molecule has 4 N–H and O–H groups in total. The molecule has 2 aromatic carbocycles. The monoisotopic (exact) mass is 404 g/mol. The lowest BCUT2D eigenvalue weighted by atomic mass is 9.82. The average molecular weight is 404 g/mol. The van der Waals surface area contributed by atoms with Gasteiger partial charge in [-0.1, -0.05) is 12.1 Å². The minimum atomic E-state index is -3.34. The van der Waals surface area contributed by atoms with Crippen LogP contribution in [0.5, 0.6) is 5.75 Å². The first-order valence-corrected chi connectivity index (χ1v) is 10.9. The first-order chi connectivity index (χ1) is 13.2. The van der Waals surface area contributed by atoms with Gasteiger partial charge in [-0.05, 0) is 54.3 Å².